The average molecular weight is 331 g/mol. The minimum atomic E-state index is -0.276. The summed E-state index contributed by atoms with van der Waals surface area (Å²) in [5.74, 6) is -0.00902. The Balaban J connectivity index is 2.16. The number of nitrogens with zero attached hydrogens (tertiary/aromatic N) is 2. The SMILES string of the molecule is CCC(C)(C)NC(=O)C(C)Sc1nc2c(cc1C#N)CCCC2. The highest BCUT2D eigenvalue weighted by Gasteiger charge is 2.24. The number of thioether (sulfide) groups is 1. The molecular weight excluding hydrogens is 306 g/mol. The van der Waals surface area contributed by atoms with Gasteiger partial charge in [-0.3, -0.25) is 4.79 Å². The maximum absolute atomic E-state index is 12.4. The van der Waals surface area contributed by atoms with E-state index < -0.39 is 0 Å². The smallest absolute Gasteiger partial charge is 0.233 e. The zero-order valence-electron chi connectivity index (χ0n) is 14.4. The van der Waals surface area contributed by atoms with Crippen molar-refractivity contribution in [2.45, 2.75) is 75.6 Å². The summed E-state index contributed by atoms with van der Waals surface area (Å²) in [6, 6.07) is 4.20. The van der Waals surface area contributed by atoms with Gasteiger partial charge in [0.25, 0.3) is 0 Å². The van der Waals surface area contributed by atoms with E-state index in [2.05, 4.69) is 23.3 Å². The Morgan fingerprint density at radius 3 is 2.83 bits per heavy atom. The monoisotopic (exact) mass is 331 g/mol. The summed E-state index contributed by atoms with van der Waals surface area (Å²) < 4.78 is 0. The fourth-order valence-electron chi connectivity index (χ4n) is 2.53. The number of pyridine rings is 1. The first-order chi connectivity index (χ1) is 10.9. The summed E-state index contributed by atoms with van der Waals surface area (Å²) in [6.07, 6.45) is 5.16. The standard InChI is InChI=1S/C18H25N3OS/c1-5-18(3,4)21-16(22)12(2)23-17-14(11-19)10-13-8-6-7-9-15(13)20-17/h10,12H,5-9H2,1-4H3,(H,21,22). The molecule has 1 unspecified atom stereocenters. The normalized spacial score (nSPS) is 15.4. The number of nitriles is 1. The van der Waals surface area contributed by atoms with Gasteiger partial charge in [-0.2, -0.15) is 5.26 Å². The number of hydrogen-bond donors (Lipinski definition) is 1. The Morgan fingerprint density at radius 2 is 2.17 bits per heavy atom. The highest BCUT2D eigenvalue weighted by Crippen LogP contribution is 2.30. The van der Waals surface area contributed by atoms with E-state index in [1.54, 1.807) is 0 Å². The van der Waals surface area contributed by atoms with Crippen molar-refractivity contribution in [2.75, 3.05) is 0 Å². The molecule has 0 fully saturated rings. The minimum Gasteiger partial charge on any atom is -0.350 e. The average Bonchev–Trinajstić information content (AvgIpc) is 2.53. The van der Waals surface area contributed by atoms with Crippen LogP contribution in [0.5, 0.6) is 0 Å². The second-order valence-corrected chi connectivity index (χ2v) is 8.08. The third kappa shape index (κ3) is 4.48. The van der Waals surface area contributed by atoms with Gasteiger partial charge in [0.2, 0.25) is 5.91 Å². The summed E-state index contributed by atoms with van der Waals surface area (Å²) in [7, 11) is 0. The van der Waals surface area contributed by atoms with Crippen molar-refractivity contribution in [3.8, 4) is 6.07 Å². The topological polar surface area (TPSA) is 65.8 Å². The quantitative estimate of drug-likeness (QED) is 0.837. The third-order valence-electron chi connectivity index (χ3n) is 4.39. The fourth-order valence-corrected chi connectivity index (χ4v) is 3.42. The number of carbonyl (C=O) groups excluding carboxylic acids is 1. The first-order valence-corrected chi connectivity index (χ1v) is 9.16. The zero-order valence-corrected chi connectivity index (χ0v) is 15.2. The van der Waals surface area contributed by atoms with Crippen LogP contribution in [0.1, 0.15) is 63.8 Å². The minimum absolute atomic E-state index is 0.00902. The molecule has 1 amide bonds. The lowest BCUT2D eigenvalue weighted by Crippen LogP contribution is -2.46. The molecule has 23 heavy (non-hydrogen) atoms. The van der Waals surface area contributed by atoms with E-state index >= 15 is 0 Å². The highest BCUT2D eigenvalue weighted by molar-refractivity contribution is 8.00. The number of amides is 1. The lowest BCUT2D eigenvalue weighted by molar-refractivity contribution is -0.121. The number of hydrogen-bond acceptors (Lipinski definition) is 4. The molecule has 0 bridgehead atoms. The molecule has 1 aromatic heterocycles. The highest BCUT2D eigenvalue weighted by atomic mass is 32.2. The van der Waals surface area contributed by atoms with E-state index in [-0.39, 0.29) is 16.7 Å². The number of carbonyl (C=O) groups is 1. The second-order valence-electron chi connectivity index (χ2n) is 6.75. The molecule has 2 rings (SSSR count). The van der Waals surface area contributed by atoms with Crippen LogP contribution >= 0.6 is 11.8 Å². The van der Waals surface area contributed by atoms with Gasteiger partial charge in [0.05, 0.1) is 10.8 Å². The largest absolute Gasteiger partial charge is 0.350 e. The van der Waals surface area contributed by atoms with Gasteiger partial charge in [-0.25, -0.2) is 4.98 Å². The van der Waals surface area contributed by atoms with Gasteiger partial charge in [0.15, 0.2) is 0 Å². The lowest BCUT2D eigenvalue weighted by atomic mass is 9.95. The van der Waals surface area contributed by atoms with Crippen molar-refractivity contribution in [1.82, 2.24) is 10.3 Å². The zero-order chi connectivity index (χ0) is 17.0. The van der Waals surface area contributed by atoms with Gasteiger partial charge in [-0.1, -0.05) is 18.7 Å². The first-order valence-electron chi connectivity index (χ1n) is 8.28. The molecule has 1 aliphatic rings. The Kier molecular flexibility index (Phi) is 5.69. The van der Waals surface area contributed by atoms with Crippen molar-refractivity contribution >= 4 is 17.7 Å². The molecule has 1 aliphatic carbocycles. The molecule has 0 aliphatic heterocycles. The van der Waals surface area contributed by atoms with E-state index in [1.807, 2.05) is 26.8 Å². The molecule has 0 spiro atoms. The summed E-state index contributed by atoms with van der Waals surface area (Å²) in [5.41, 5.74) is 2.67. The lowest BCUT2D eigenvalue weighted by Gasteiger charge is -2.26. The van der Waals surface area contributed by atoms with Crippen LogP contribution in [-0.2, 0) is 17.6 Å². The van der Waals surface area contributed by atoms with Crippen molar-refractivity contribution in [1.29, 1.82) is 5.26 Å². The van der Waals surface area contributed by atoms with E-state index in [0.29, 0.717) is 10.6 Å². The number of nitrogens with one attached hydrogen (secondary N) is 1. The summed E-state index contributed by atoms with van der Waals surface area (Å²) in [4.78, 5) is 17.1. The van der Waals surface area contributed by atoms with Crippen LogP contribution in [0.3, 0.4) is 0 Å². The van der Waals surface area contributed by atoms with Crippen LogP contribution in [0.2, 0.25) is 0 Å². The van der Waals surface area contributed by atoms with Crippen LogP contribution < -0.4 is 5.32 Å². The Labute approximate surface area is 143 Å². The van der Waals surface area contributed by atoms with Crippen LogP contribution in [0.4, 0.5) is 0 Å². The maximum atomic E-state index is 12.4. The molecule has 0 saturated carbocycles. The molecule has 5 heteroatoms. The maximum Gasteiger partial charge on any atom is 0.233 e. The van der Waals surface area contributed by atoms with Gasteiger partial charge in [0, 0.05) is 11.2 Å². The van der Waals surface area contributed by atoms with Gasteiger partial charge in [0.1, 0.15) is 11.1 Å². The molecule has 1 aromatic rings. The van der Waals surface area contributed by atoms with E-state index in [0.717, 1.165) is 37.8 Å². The first kappa shape index (κ1) is 17.8. The van der Waals surface area contributed by atoms with Crippen molar-refractivity contribution in [3.63, 3.8) is 0 Å². The van der Waals surface area contributed by atoms with Crippen molar-refractivity contribution < 1.29 is 4.79 Å². The van der Waals surface area contributed by atoms with E-state index in [9.17, 15) is 10.1 Å². The Hall–Kier alpha value is -1.54. The van der Waals surface area contributed by atoms with Gasteiger partial charge in [-0.05, 0) is 64.5 Å². The summed E-state index contributed by atoms with van der Waals surface area (Å²) >= 11 is 1.38. The fraction of sp³-hybridized carbons (Fsp3) is 0.611. The molecule has 0 radical (unpaired) electrons. The van der Waals surface area contributed by atoms with Crippen LogP contribution in [0.15, 0.2) is 11.1 Å². The van der Waals surface area contributed by atoms with Gasteiger partial charge < -0.3 is 5.32 Å². The van der Waals surface area contributed by atoms with Crippen LogP contribution in [0, 0.1) is 11.3 Å². The predicted octanol–water partition coefficient (Wildman–Crippen LogP) is 3.62. The molecule has 124 valence electrons. The molecule has 4 nitrogen and oxygen atoms in total. The van der Waals surface area contributed by atoms with Crippen LogP contribution in [-0.4, -0.2) is 21.7 Å². The molecule has 1 heterocycles. The summed E-state index contributed by atoms with van der Waals surface area (Å²) in [5, 5.41) is 12.9. The molecule has 0 aromatic carbocycles. The van der Waals surface area contributed by atoms with Gasteiger partial charge in [-0.15, -0.1) is 0 Å². The van der Waals surface area contributed by atoms with Crippen LogP contribution in [0.25, 0.3) is 0 Å². The second kappa shape index (κ2) is 7.35. The predicted molar refractivity (Wildman–Crippen MR) is 93.4 cm³/mol. The van der Waals surface area contributed by atoms with Gasteiger partial charge >= 0.3 is 0 Å². The number of fused-ring (bicyclic) bond motifs is 1. The molecule has 0 saturated heterocycles. The van der Waals surface area contributed by atoms with E-state index in [4.69, 9.17) is 0 Å². The van der Waals surface area contributed by atoms with Crippen molar-refractivity contribution in [3.05, 3.63) is 22.9 Å². The van der Waals surface area contributed by atoms with Crippen molar-refractivity contribution in [2.24, 2.45) is 0 Å². The Morgan fingerprint density at radius 1 is 1.48 bits per heavy atom. The van der Waals surface area contributed by atoms with E-state index in [1.165, 1.54) is 17.3 Å². The Bertz CT molecular complexity index is 634. The number of rotatable bonds is 5. The summed E-state index contributed by atoms with van der Waals surface area (Å²) in [6.45, 7) is 7.95. The third-order valence-corrected chi connectivity index (χ3v) is 5.49. The number of aromatic nitrogens is 1. The molecular formula is C18H25N3OS. The molecule has 1 atom stereocenters. The molecule has 1 N–H and O–H groups in total. The number of aryl methyl sites for hydroxylation is 2.